The Morgan fingerprint density at radius 3 is 2.76 bits per heavy atom. The number of hydrogen-bond donors (Lipinski definition) is 2. The highest BCUT2D eigenvalue weighted by Gasteiger charge is 2.19. The molecule has 134 valence electrons. The Kier molecular flexibility index (Phi) is 5.53. The molecule has 2 aromatic rings. The smallest absolute Gasteiger partial charge is 0.234 e. The lowest BCUT2D eigenvalue weighted by molar-refractivity contribution is -0.122. The molecule has 1 aromatic carbocycles. The molecule has 2 N–H and O–H groups in total. The minimum Gasteiger partial charge on any atom is -0.348 e. The van der Waals surface area contributed by atoms with Crippen molar-refractivity contribution in [1.82, 2.24) is 20.4 Å². The second-order valence-electron chi connectivity index (χ2n) is 7.21. The van der Waals surface area contributed by atoms with Gasteiger partial charge in [0.2, 0.25) is 5.91 Å². The number of nitrogens with zero attached hydrogens (tertiary/aromatic N) is 2. The van der Waals surface area contributed by atoms with Gasteiger partial charge in [0, 0.05) is 12.2 Å². The maximum atomic E-state index is 12.3. The fourth-order valence-electron chi connectivity index (χ4n) is 3.46. The van der Waals surface area contributed by atoms with Crippen LogP contribution in [-0.4, -0.2) is 34.6 Å². The van der Waals surface area contributed by atoms with E-state index in [1.165, 1.54) is 29.7 Å². The molecular formula is C20H28N4O. The molecule has 0 fully saturated rings. The maximum absolute atomic E-state index is 12.3. The summed E-state index contributed by atoms with van der Waals surface area (Å²) in [6.45, 7) is 5.17. The van der Waals surface area contributed by atoms with Crippen LogP contribution >= 0.6 is 0 Å². The Balaban J connectivity index is 1.52. The van der Waals surface area contributed by atoms with E-state index in [0.717, 1.165) is 24.1 Å². The SMILES string of the molecule is Cc1ccc(C(C)NC(=O)CN(C)Cc2n[nH]c3c2CCCC3)cc1. The molecule has 1 aliphatic rings. The van der Waals surface area contributed by atoms with Crippen molar-refractivity contribution in [2.75, 3.05) is 13.6 Å². The van der Waals surface area contributed by atoms with Crippen LogP contribution in [0.2, 0.25) is 0 Å². The molecule has 0 saturated heterocycles. The zero-order chi connectivity index (χ0) is 17.8. The van der Waals surface area contributed by atoms with Gasteiger partial charge in [-0.15, -0.1) is 0 Å². The summed E-state index contributed by atoms with van der Waals surface area (Å²) in [5, 5.41) is 10.7. The van der Waals surface area contributed by atoms with E-state index in [9.17, 15) is 4.79 Å². The summed E-state index contributed by atoms with van der Waals surface area (Å²) in [7, 11) is 1.97. The molecule has 5 nitrogen and oxygen atoms in total. The molecule has 0 bridgehead atoms. The largest absolute Gasteiger partial charge is 0.348 e. The zero-order valence-electron chi connectivity index (χ0n) is 15.4. The Morgan fingerprint density at radius 2 is 2.00 bits per heavy atom. The Hall–Kier alpha value is -2.14. The van der Waals surface area contributed by atoms with Crippen molar-refractivity contribution < 1.29 is 4.79 Å². The number of amides is 1. The van der Waals surface area contributed by atoms with Gasteiger partial charge >= 0.3 is 0 Å². The highest BCUT2D eigenvalue weighted by atomic mass is 16.2. The first-order chi connectivity index (χ1) is 12.0. The summed E-state index contributed by atoms with van der Waals surface area (Å²) in [6.07, 6.45) is 4.67. The molecule has 0 saturated carbocycles. The molecule has 1 amide bonds. The van der Waals surface area contributed by atoms with Gasteiger partial charge in [-0.1, -0.05) is 29.8 Å². The van der Waals surface area contributed by atoms with Gasteiger partial charge in [-0.3, -0.25) is 14.8 Å². The average Bonchev–Trinajstić information content (AvgIpc) is 2.98. The van der Waals surface area contributed by atoms with Crippen molar-refractivity contribution in [3.8, 4) is 0 Å². The van der Waals surface area contributed by atoms with E-state index in [1.54, 1.807) is 0 Å². The number of likely N-dealkylation sites (N-methyl/N-ethyl adjacent to an activating group) is 1. The summed E-state index contributed by atoms with van der Waals surface area (Å²) in [5.74, 6) is 0.0416. The lowest BCUT2D eigenvalue weighted by atomic mass is 9.96. The predicted molar refractivity (Wildman–Crippen MR) is 99.3 cm³/mol. The quantitative estimate of drug-likeness (QED) is 0.850. The van der Waals surface area contributed by atoms with Crippen molar-refractivity contribution in [2.24, 2.45) is 0 Å². The normalized spacial score (nSPS) is 15.0. The van der Waals surface area contributed by atoms with Crippen molar-refractivity contribution in [3.63, 3.8) is 0 Å². The predicted octanol–water partition coefficient (Wildman–Crippen LogP) is 2.91. The monoisotopic (exact) mass is 340 g/mol. The molecule has 1 aromatic heterocycles. The van der Waals surface area contributed by atoms with Crippen LogP contribution in [0.3, 0.4) is 0 Å². The highest BCUT2D eigenvalue weighted by Crippen LogP contribution is 2.22. The first-order valence-corrected chi connectivity index (χ1v) is 9.12. The molecule has 5 heteroatoms. The minimum atomic E-state index is 0.0136. The Labute approximate surface area is 149 Å². The minimum absolute atomic E-state index is 0.0136. The number of hydrogen-bond acceptors (Lipinski definition) is 3. The van der Waals surface area contributed by atoms with Gasteiger partial charge in [0.05, 0.1) is 18.3 Å². The lowest BCUT2D eigenvalue weighted by Gasteiger charge is -2.19. The molecule has 0 aliphatic heterocycles. The fraction of sp³-hybridized carbons (Fsp3) is 0.500. The number of nitrogens with one attached hydrogen (secondary N) is 2. The number of carbonyl (C=O) groups excluding carboxylic acids is 1. The molecule has 3 rings (SSSR count). The average molecular weight is 340 g/mol. The molecule has 1 aliphatic carbocycles. The van der Waals surface area contributed by atoms with Gasteiger partial charge in [0.1, 0.15) is 0 Å². The van der Waals surface area contributed by atoms with Crippen molar-refractivity contribution in [1.29, 1.82) is 0 Å². The van der Waals surface area contributed by atoms with Crippen LogP contribution in [0.25, 0.3) is 0 Å². The molecule has 1 atom stereocenters. The zero-order valence-corrected chi connectivity index (χ0v) is 15.4. The number of benzene rings is 1. The van der Waals surface area contributed by atoms with Gasteiger partial charge in [0.25, 0.3) is 0 Å². The van der Waals surface area contributed by atoms with Gasteiger partial charge < -0.3 is 5.32 Å². The second-order valence-corrected chi connectivity index (χ2v) is 7.21. The highest BCUT2D eigenvalue weighted by molar-refractivity contribution is 5.78. The van der Waals surface area contributed by atoms with E-state index in [0.29, 0.717) is 13.1 Å². The van der Waals surface area contributed by atoms with E-state index >= 15 is 0 Å². The van der Waals surface area contributed by atoms with E-state index in [1.807, 2.05) is 18.9 Å². The molecule has 1 heterocycles. The maximum Gasteiger partial charge on any atom is 0.234 e. The third-order valence-electron chi connectivity index (χ3n) is 4.93. The molecule has 1 unspecified atom stereocenters. The standard InChI is InChI=1S/C20H28N4O/c1-14-8-10-16(11-9-14)15(2)21-20(25)13-24(3)12-19-17-6-4-5-7-18(17)22-23-19/h8-11,15H,4-7,12-13H2,1-3H3,(H,21,25)(H,22,23). The summed E-state index contributed by atoms with van der Waals surface area (Å²) in [4.78, 5) is 14.4. The van der Waals surface area contributed by atoms with Crippen molar-refractivity contribution in [2.45, 2.75) is 52.1 Å². The number of carbonyl (C=O) groups is 1. The Bertz CT molecular complexity index is 720. The third kappa shape index (κ3) is 4.48. The van der Waals surface area contributed by atoms with Gasteiger partial charge in [-0.2, -0.15) is 5.10 Å². The lowest BCUT2D eigenvalue weighted by Crippen LogP contribution is -2.36. The fourth-order valence-corrected chi connectivity index (χ4v) is 3.46. The number of H-pyrrole nitrogens is 1. The van der Waals surface area contributed by atoms with Crippen LogP contribution in [0, 0.1) is 6.92 Å². The molecule has 0 radical (unpaired) electrons. The van der Waals surface area contributed by atoms with Gasteiger partial charge in [-0.05, 0) is 57.7 Å². The number of aromatic nitrogens is 2. The summed E-state index contributed by atoms with van der Waals surface area (Å²) >= 11 is 0. The van der Waals surface area contributed by atoms with Gasteiger partial charge in [0.15, 0.2) is 0 Å². The summed E-state index contributed by atoms with van der Waals surface area (Å²) in [6, 6.07) is 8.30. The van der Waals surface area contributed by atoms with E-state index in [4.69, 9.17) is 0 Å². The number of aryl methyl sites for hydroxylation is 2. The van der Waals surface area contributed by atoms with E-state index in [2.05, 4.69) is 46.7 Å². The van der Waals surface area contributed by atoms with Crippen molar-refractivity contribution in [3.05, 3.63) is 52.3 Å². The molecule has 0 spiro atoms. The summed E-state index contributed by atoms with van der Waals surface area (Å²) in [5.41, 5.74) is 6.10. The van der Waals surface area contributed by atoms with E-state index < -0.39 is 0 Å². The first-order valence-electron chi connectivity index (χ1n) is 9.12. The first kappa shape index (κ1) is 17.7. The van der Waals surface area contributed by atoms with Crippen LogP contribution in [0.15, 0.2) is 24.3 Å². The van der Waals surface area contributed by atoms with Gasteiger partial charge in [-0.25, -0.2) is 0 Å². The molecule has 25 heavy (non-hydrogen) atoms. The number of aromatic amines is 1. The topological polar surface area (TPSA) is 61.0 Å². The number of rotatable bonds is 6. The van der Waals surface area contributed by atoms with E-state index in [-0.39, 0.29) is 11.9 Å². The van der Waals surface area contributed by atoms with Crippen LogP contribution < -0.4 is 5.32 Å². The van der Waals surface area contributed by atoms with Crippen LogP contribution in [-0.2, 0) is 24.2 Å². The van der Waals surface area contributed by atoms with Crippen molar-refractivity contribution >= 4 is 5.91 Å². The number of fused-ring (bicyclic) bond motifs is 1. The summed E-state index contributed by atoms with van der Waals surface area (Å²) < 4.78 is 0. The Morgan fingerprint density at radius 1 is 1.28 bits per heavy atom. The third-order valence-corrected chi connectivity index (χ3v) is 4.93. The second kappa shape index (κ2) is 7.83. The van der Waals surface area contributed by atoms with Crippen LogP contribution in [0.1, 0.15) is 53.9 Å². The molecular weight excluding hydrogens is 312 g/mol. The van der Waals surface area contributed by atoms with Crippen LogP contribution in [0.5, 0.6) is 0 Å². The van der Waals surface area contributed by atoms with Crippen LogP contribution in [0.4, 0.5) is 0 Å².